The van der Waals surface area contributed by atoms with Crippen LogP contribution in [-0.2, 0) is 6.18 Å². The summed E-state index contributed by atoms with van der Waals surface area (Å²) in [7, 11) is 0. The first-order chi connectivity index (χ1) is 9.77. The summed E-state index contributed by atoms with van der Waals surface area (Å²) in [5.41, 5.74) is 1.65. The molecule has 1 aromatic carbocycles. The summed E-state index contributed by atoms with van der Waals surface area (Å²) in [6.07, 6.45) is -4.31. The predicted octanol–water partition coefficient (Wildman–Crippen LogP) is 5.24. The molecule has 0 aliphatic heterocycles. The molecular formula is C15H14ClF3N2. The minimum atomic E-state index is -4.31. The maximum absolute atomic E-state index is 12.5. The highest BCUT2D eigenvalue weighted by Gasteiger charge is 2.30. The zero-order chi connectivity index (χ0) is 15.6. The molecule has 1 unspecified atom stereocenters. The molecule has 0 spiro atoms. The Morgan fingerprint density at radius 3 is 2.24 bits per heavy atom. The van der Waals surface area contributed by atoms with Crippen LogP contribution in [-0.4, -0.2) is 4.98 Å². The largest absolute Gasteiger partial charge is 0.416 e. The average molecular weight is 315 g/mol. The molecule has 112 valence electrons. The number of hydrogen-bond acceptors (Lipinski definition) is 2. The highest BCUT2D eigenvalue weighted by molar-refractivity contribution is 6.29. The molecule has 0 fully saturated rings. The van der Waals surface area contributed by atoms with E-state index in [1.807, 2.05) is 13.8 Å². The van der Waals surface area contributed by atoms with Crippen molar-refractivity contribution in [3.8, 4) is 0 Å². The minimum Gasteiger partial charge on any atom is -0.377 e. The Bertz CT molecular complexity index is 624. The second-order valence-electron chi connectivity index (χ2n) is 4.75. The fraction of sp³-hybridized carbons (Fsp3) is 0.267. The Morgan fingerprint density at radius 1 is 1.10 bits per heavy atom. The van der Waals surface area contributed by atoms with Crippen molar-refractivity contribution in [1.29, 1.82) is 0 Å². The summed E-state index contributed by atoms with van der Waals surface area (Å²) in [6.45, 7) is 3.68. The summed E-state index contributed by atoms with van der Waals surface area (Å²) in [6, 6.07) is 8.43. The molecule has 0 aliphatic rings. The van der Waals surface area contributed by atoms with Gasteiger partial charge in [0.15, 0.2) is 0 Å². The summed E-state index contributed by atoms with van der Waals surface area (Å²) >= 11 is 5.79. The lowest BCUT2D eigenvalue weighted by Gasteiger charge is -2.18. The van der Waals surface area contributed by atoms with Gasteiger partial charge in [0, 0.05) is 6.04 Å². The van der Waals surface area contributed by atoms with Crippen molar-refractivity contribution >= 4 is 17.3 Å². The number of nitrogens with one attached hydrogen (secondary N) is 1. The Kier molecular flexibility index (Phi) is 4.42. The molecule has 0 saturated heterocycles. The van der Waals surface area contributed by atoms with Crippen LogP contribution in [0.15, 0.2) is 36.4 Å². The summed E-state index contributed by atoms with van der Waals surface area (Å²) in [4.78, 5) is 4.12. The Hall–Kier alpha value is -1.75. The number of benzene rings is 1. The highest BCUT2D eigenvalue weighted by atomic mass is 35.5. The van der Waals surface area contributed by atoms with Gasteiger partial charge in [-0.25, -0.2) is 4.98 Å². The van der Waals surface area contributed by atoms with Crippen LogP contribution in [0.4, 0.5) is 18.9 Å². The fourth-order valence-electron chi connectivity index (χ4n) is 1.96. The molecule has 1 heterocycles. The molecule has 0 saturated carbocycles. The zero-order valence-electron chi connectivity index (χ0n) is 11.5. The topological polar surface area (TPSA) is 24.9 Å². The van der Waals surface area contributed by atoms with Gasteiger partial charge in [-0.05, 0) is 43.7 Å². The number of aromatic nitrogens is 1. The van der Waals surface area contributed by atoms with Crippen LogP contribution in [0.3, 0.4) is 0 Å². The first-order valence-corrected chi connectivity index (χ1v) is 6.72. The van der Waals surface area contributed by atoms with Gasteiger partial charge in [0.1, 0.15) is 5.15 Å². The van der Waals surface area contributed by atoms with Crippen molar-refractivity contribution in [1.82, 2.24) is 4.98 Å². The van der Waals surface area contributed by atoms with E-state index in [1.54, 1.807) is 12.1 Å². The van der Waals surface area contributed by atoms with Crippen LogP contribution < -0.4 is 5.32 Å². The molecule has 2 rings (SSSR count). The number of pyridine rings is 1. The van der Waals surface area contributed by atoms with E-state index in [0.717, 1.165) is 29.1 Å². The van der Waals surface area contributed by atoms with E-state index in [-0.39, 0.29) is 6.04 Å². The number of rotatable bonds is 3. The van der Waals surface area contributed by atoms with Gasteiger partial charge in [0.25, 0.3) is 0 Å². The van der Waals surface area contributed by atoms with Gasteiger partial charge < -0.3 is 5.32 Å². The van der Waals surface area contributed by atoms with Crippen molar-refractivity contribution in [2.75, 3.05) is 5.32 Å². The van der Waals surface area contributed by atoms with Gasteiger partial charge in [-0.2, -0.15) is 13.2 Å². The molecule has 2 aromatic rings. The molecule has 0 aliphatic carbocycles. The SMILES string of the molecule is Cc1nc(Cl)ccc1NC(C)c1ccc(C(F)(F)F)cc1. The van der Waals surface area contributed by atoms with Crippen LogP contribution in [0.2, 0.25) is 5.15 Å². The standard InChI is InChI=1S/C15H14ClF3N2/c1-9(20-13-7-8-14(16)21-10(13)2)11-3-5-12(6-4-11)15(17,18)19/h3-9,20H,1-2H3. The number of alkyl halides is 3. The van der Waals surface area contributed by atoms with E-state index >= 15 is 0 Å². The molecule has 6 heteroatoms. The quantitative estimate of drug-likeness (QED) is 0.784. The van der Waals surface area contributed by atoms with Crippen LogP contribution >= 0.6 is 11.6 Å². The van der Waals surface area contributed by atoms with Crippen LogP contribution in [0.5, 0.6) is 0 Å². The molecule has 0 amide bonds. The van der Waals surface area contributed by atoms with E-state index in [2.05, 4.69) is 10.3 Å². The van der Waals surface area contributed by atoms with Gasteiger partial charge >= 0.3 is 6.18 Å². The maximum Gasteiger partial charge on any atom is 0.416 e. The third-order valence-corrected chi connectivity index (χ3v) is 3.37. The van der Waals surface area contributed by atoms with Crippen molar-refractivity contribution < 1.29 is 13.2 Å². The first-order valence-electron chi connectivity index (χ1n) is 6.34. The van der Waals surface area contributed by atoms with Crippen LogP contribution in [0, 0.1) is 6.92 Å². The minimum absolute atomic E-state index is 0.144. The lowest BCUT2D eigenvalue weighted by atomic mass is 10.1. The number of halogens is 4. The highest BCUT2D eigenvalue weighted by Crippen LogP contribution is 2.30. The van der Waals surface area contributed by atoms with Gasteiger partial charge in [-0.3, -0.25) is 0 Å². The first kappa shape index (κ1) is 15.6. The van der Waals surface area contributed by atoms with Gasteiger partial charge in [-0.1, -0.05) is 23.7 Å². The van der Waals surface area contributed by atoms with Crippen LogP contribution in [0.1, 0.15) is 29.8 Å². The third kappa shape index (κ3) is 3.88. The second-order valence-corrected chi connectivity index (χ2v) is 5.14. The number of anilines is 1. The molecule has 1 N–H and O–H groups in total. The molecular weight excluding hydrogens is 301 g/mol. The molecule has 1 atom stereocenters. The van der Waals surface area contributed by atoms with E-state index in [4.69, 9.17) is 11.6 Å². The Balaban J connectivity index is 2.15. The summed E-state index contributed by atoms with van der Waals surface area (Å²) in [5.74, 6) is 0. The van der Waals surface area contributed by atoms with Gasteiger partial charge in [-0.15, -0.1) is 0 Å². The normalized spacial score (nSPS) is 13.0. The van der Waals surface area contributed by atoms with Crippen LogP contribution in [0.25, 0.3) is 0 Å². The average Bonchev–Trinajstić information content (AvgIpc) is 2.41. The molecule has 2 nitrogen and oxygen atoms in total. The third-order valence-electron chi connectivity index (χ3n) is 3.16. The summed E-state index contributed by atoms with van der Waals surface area (Å²) < 4.78 is 37.6. The summed E-state index contributed by atoms with van der Waals surface area (Å²) in [5, 5.41) is 3.61. The predicted molar refractivity (Wildman–Crippen MR) is 77.5 cm³/mol. The molecule has 21 heavy (non-hydrogen) atoms. The van der Waals surface area contributed by atoms with E-state index in [0.29, 0.717) is 5.15 Å². The van der Waals surface area contributed by atoms with E-state index in [9.17, 15) is 13.2 Å². The Labute approximate surface area is 126 Å². The number of nitrogens with zero attached hydrogens (tertiary/aromatic N) is 1. The zero-order valence-corrected chi connectivity index (χ0v) is 12.3. The lowest BCUT2D eigenvalue weighted by molar-refractivity contribution is -0.137. The van der Waals surface area contributed by atoms with E-state index in [1.165, 1.54) is 12.1 Å². The molecule has 0 radical (unpaired) electrons. The van der Waals surface area contributed by atoms with Crippen molar-refractivity contribution in [3.05, 3.63) is 58.4 Å². The van der Waals surface area contributed by atoms with Crippen molar-refractivity contribution in [2.45, 2.75) is 26.1 Å². The lowest BCUT2D eigenvalue weighted by Crippen LogP contribution is -2.10. The molecule has 1 aromatic heterocycles. The maximum atomic E-state index is 12.5. The second kappa shape index (κ2) is 5.93. The smallest absolute Gasteiger partial charge is 0.377 e. The van der Waals surface area contributed by atoms with Gasteiger partial charge in [0.2, 0.25) is 0 Å². The number of aryl methyl sites for hydroxylation is 1. The number of hydrogen-bond donors (Lipinski definition) is 1. The fourth-order valence-corrected chi connectivity index (χ4v) is 2.15. The Morgan fingerprint density at radius 2 is 1.71 bits per heavy atom. The van der Waals surface area contributed by atoms with Crippen molar-refractivity contribution in [2.24, 2.45) is 0 Å². The van der Waals surface area contributed by atoms with Gasteiger partial charge in [0.05, 0.1) is 16.9 Å². The monoisotopic (exact) mass is 314 g/mol. The van der Waals surface area contributed by atoms with E-state index < -0.39 is 11.7 Å². The molecule has 0 bridgehead atoms. The van der Waals surface area contributed by atoms with Crippen molar-refractivity contribution in [3.63, 3.8) is 0 Å².